The summed E-state index contributed by atoms with van der Waals surface area (Å²) < 4.78 is 0. The third-order valence-electron chi connectivity index (χ3n) is 1.77. The van der Waals surface area contributed by atoms with Gasteiger partial charge in [-0.05, 0) is 6.92 Å². The lowest BCUT2D eigenvalue weighted by Crippen LogP contribution is -2.41. The largest absolute Gasteiger partial charge is 0.293 e. The number of hydrogen-bond donors (Lipinski definition) is 2. The van der Waals surface area contributed by atoms with Crippen LogP contribution in [-0.4, -0.2) is 29.8 Å². The summed E-state index contributed by atoms with van der Waals surface area (Å²) in [6.45, 7) is 9.10. The predicted molar refractivity (Wildman–Crippen MR) is 49.7 cm³/mol. The molecule has 12 heavy (non-hydrogen) atoms. The zero-order valence-electron chi connectivity index (χ0n) is 8.09. The maximum atomic E-state index is 3.27. The predicted octanol–water partition coefficient (Wildman–Crippen LogP) is 0.472. The number of nitrogens with zero attached hydrogens (tertiary/aromatic N) is 2. The Hall–Kier alpha value is -0.740. The Bertz CT molecular complexity index is 166. The van der Waals surface area contributed by atoms with Gasteiger partial charge in [0.1, 0.15) is 6.67 Å². The third-order valence-corrected chi connectivity index (χ3v) is 1.77. The second-order valence-electron chi connectivity index (χ2n) is 2.83. The zero-order chi connectivity index (χ0) is 8.97. The summed E-state index contributed by atoms with van der Waals surface area (Å²) in [5.74, 6) is 0. The highest BCUT2D eigenvalue weighted by Gasteiger charge is 2.15. The van der Waals surface area contributed by atoms with Crippen LogP contribution in [0.3, 0.4) is 0 Å². The average Bonchev–Trinajstić information content (AvgIpc) is 2.34. The van der Waals surface area contributed by atoms with Crippen LogP contribution in [0.5, 0.6) is 0 Å². The Balaban J connectivity index is 2.38. The molecule has 0 radical (unpaired) electrons. The summed E-state index contributed by atoms with van der Waals surface area (Å²) in [4.78, 5) is 0. The normalized spacial score (nSPS) is 17.1. The molecule has 4 heteroatoms. The van der Waals surface area contributed by atoms with Crippen molar-refractivity contribution in [2.45, 2.75) is 20.8 Å². The van der Waals surface area contributed by atoms with Crippen molar-refractivity contribution >= 4 is 0 Å². The molecule has 0 aromatic heterocycles. The lowest BCUT2D eigenvalue weighted by Gasteiger charge is -2.22. The van der Waals surface area contributed by atoms with E-state index in [0.717, 1.165) is 19.8 Å². The number of nitrogens with one attached hydrogen (secondary N) is 2. The molecule has 4 nitrogen and oxygen atoms in total. The number of rotatable bonds is 4. The minimum atomic E-state index is 0.882. The summed E-state index contributed by atoms with van der Waals surface area (Å²) in [6, 6.07) is 0. The van der Waals surface area contributed by atoms with Gasteiger partial charge in [-0.2, -0.15) is 0 Å². The van der Waals surface area contributed by atoms with Gasteiger partial charge in [-0.15, -0.1) is 0 Å². The fourth-order valence-corrected chi connectivity index (χ4v) is 1.26. The number of allylic oxidation sites excluding steroid dienone is 1. The molecule has 0 saturated carbocycles. The Morgan fingerprint density at radius 2 is 2.00 bits per heavy atom. The van der Waals surface area contributed by atoms with Crippen molar-refractivity contribution in [1.29, 1.82) is 0 Å². The first kappa shape index (κ1) is 9.35. The summed E-state index contributed by atoms with van der Waals surface area (Å²) in [6.07, 6.45) is 2.10. The second kappa shape index (κ2) is 4.33. The van der Waals surface area contributed by atoms with E-state index in [1.54, 1.807) is 0 Å². The fraction of sp³-hybridized carbons (Fsp3) is 0.750. The zero-order valence-corrected chi connectivity index (χ0v) is 8.09. The van der Waals surface area contributed by atoms with Crippen LogP contribution in [0.2, 0.25) is 0 Å². The van der Waals surface area contributed by atoms with E-state index >= 15 is 0 Å². The highest BCUT2D eigenvalue weighted by molar-refractivity contribution is 5.00. The molecule has 0 aliphatic carbocycles. The van der Waals surface area contributed by atoms with E-state index in [9.17, 15) is 0 Å². The molecule has 1 aliphatic rings. The van der Waals surface area contributed by atoms with Gasteiger partial charge in [-0.1, -0.05) is 13.8 Å². The van der Waals surface area contributed by atoms with Crippen LogP contribution in [-0.2, 0) is 0 Å². The lowest BCUT2D eigenvalue weighted by atomic mass is 10.5. The van der Waals surface area contributed by atoms with Crippen LogP contribution in [0.4, 0.5) is 0 Å². The first-order valence-corrected chi connectivity index (χ1v) is 4.47. The highest BCUT2D eigenvalue weighted by Crippen LogP contribution is 2.09. The van der Waals surface area contributed by atoms with Crippen LogP contribution in [0.15, 0.2) is 11.9 Å². The van der Waals surface area contributed by atoms with Crippen molar-refractivity contribution in [1.82, 2.24) is 20.9 Å². The van der Waals surface area contributed by atoms with Gasteiger partial charge in [-0.3, -0.25) is 10.0 Å². The molecule has 0 saturated heterocycles. The first-order chi connectivity index (χ1) is 5.77. The Labute approximate surface area is 74.2 Å². The molecule has 1 heterocycles. The maximum absolute atomic E-state index is 3.27. The molecule has 0 spiro atoms. The average molecular weight is 170 g/mol. The molecular weight excluding hydrogens is 152 g/mol. The molecule has 2 N–H and O–H groups in total. The van der Waals surface area contributed by atoms with E-state index in [0.29, 0.717) is 0 Å². The molecule has 1 rings (SSSR count). The minimum Gasteiger partial charge on any atom is -0.293 e. The molecule has 0 aromatic carbocycles. The van der Waals surface area contributed by atoms with Crippen molar-refractivity contribution in [3.8, 4) is 0 Å². The fourth-order valence-electron chi connectivity index (χ4n) is 1.26. The van der Waals surface area contributed by atoms with Gasteiger partial charge in [0.05, 0.1) is 0 Å². The van der Waals surface area contributed by atoms with Gasteiger partial charge in [-0.25, -0.2) is 10.9 Å². The van der Waals surface area contributed by atoms with Crippen molar-refractivity contribution in [2.24, 2.45) is 0 Å². The van der Waals surface area contributed by atoms with Crippen LogP contribution in [0.25, 0.3) is 0 Å². The van der Waals surface area contributed by atoms with Crippen molar-refractivity contribution in [3.63, 3.8) is 0 Å². The van der Waals surface area contributed by atoms with E-state index in [1.807, 2.05) is 0 Å². The summed E-state index contributed by atoms with van der Waals surface area (Å²) in [5.41, 5.74) is 7.75. The van der Waals surface area contributed by atoms with Gasteiger partial charge >= 0.3 is 0 Å². The van der Waals surface area contributed by atoms with E-state index in [-0.39, 0.29) is 0 Å². The van der Waals surface area contributed by atoms with Gasteiger partial charge in [0.2, 0.25) is 0 Å². The molecule has 0 fully saturated rings. The van der Waals surface area contributed by atoms with Gasteiger partial charge in [0.15, 0.2) is 0 Å². The van der Waals surface area contributed by atoms with Crippen molar-refractivity contribution < 1.29 is 0 Å². The number of hydrazine groups is 2. The highest BCUT2D eigenvalue weighted by atomic mass is 15.7. The Kier molecular flexibility index (Phi) is 3.37. The second-order valence-corrected chi connectivity index (χ2v) is 2.83. The van der Waals surface area contributed by atoms with Gasteiger partial charge in [0.25, 0.3) is 0 Å². The first-order valence-electron chi connectivity index (χ1n) is 4.47. The Morgan fingerprint density at radius 1 is 1.33 bits per heavy atom. The molecular formula is C8H18N4. The molecule has 70 valence electrons. The van der Waals surface area contributed by atoms with Crippen molar-refractivity contribution in [2.75, 3.05) is 19.8 Å². The van der Waals surface area contributed by atoms with E-state index < -0.39 is 0 Å². The molecule has 0 unspecified atom stereocenters. The molecule has 0 aromatic rings. The standard InChI is InChI=1S/C8H18N4/c1-4-9-11-6-8(3)12(7-11)10-5-2/h6,9-10H,4-5,7H2,1-3H3. The molecule has 0 atom stereocenters. The number of hydrogen-bond acceptors (Lipinski definition) is 4. The van der Waals surface area contributed by atoms with Crippen molar-refractivity contribution in [3.05, 3.63) is 11.9 Å². The smallest absolute Gasteiger partial charge is 0.119 e. The molecule has 1 aliphatic heterocycles. The topological polar surface area (TPSA) is 30.5 Å². The summed E-state index contributed by atoms with van der Waals surface area (Å²) >= 11 is 0. The van der Waals surface area contributed by atoms with Gasteiger partial charge in [0, 0.05) is 25.0 Å². The van der Waals surface area contributed by atoms with Crippen LogP contribution in [0, 0.1) is 0 Å². The maximum Gasteiger partial charge on any atom is 0.119 e. The minimum absolute atomic E-state index is 0.882. The van der Waals surface area contributed by atoms with E-state index in [4.69, 9.17) is 0 Å². The van der Waals surface area contributed by atoms with E-state index in [1.165, 1.54) is 5.70 Å². The monoisotopic (exact) mass is 170 g/mol. The lowest BCUT2D eigenvalue weighted by molar-refractivity contribution is 0.162. The third kappa shape index (κ3) is 2.12. The van der Waals surface area contributed by atoms with Crippen LogP contribution >= 0.6 is 0 Å². The Morgan fingerprint density at radius 3 is 2.58 bits per heavy atom. The SMILES string of the molecule is CCNN1C=C(C)N(NCC)C1. The summed E-state index contributed by atoms with van der Waals surface area (Å²) in [5, 5.41) is 4.21. The van der Waals surface area contributed by atoms with Crippen LogP contribution < -0.4 is 10.9 Å². The molecule has 0 amide bonds. The van der Waals surface area contributed by atoms with Crippen LogP contribution in [0.1, 0.15) is 20.8 Å². The summed E-state index contributed by atoms with van der Waals surface area (Å²) in [7, 11) is 0. The molecule has 0 bridgehead atoms. The van der Waals surface area contributed by atoms with Gasteiger partial charge < -0.3 is 0 Å². The quantitative estimate of drug-likeness (QED) is 0.642. The van der Waals surface area contributed by atoms with E-state index in [2.05, 4.69) is 47.8 Å².